The summed E-state index contributed by atoms with van der Waals surface area (Å²) >= 11 is 0. The van der Waals surface area contributed by atoms with E-state index in [0.29, 0.717) is 6.61 Å². The molecule has 0 spiro atoms. The fourth-order valence-corrected chi connectivity index (χ4v) is 2.13. The van der Waals surface area contributed by atoms with E-state index in [9.17, 15) is 4.79 Å². The predicted molar refractivity (Wildman–Crippen MR) is 69.6 cm³/mol. The lowest BCUT2D eigenvalue weighted by atomic mass is 10.2. The number of nitrogens with one attached hydrogen (secondary N) is 1. The molecule has 1 aromatic rings. The van der Waals surface area contributed by atoms with Gasteiger partial charge in [-0.1, -0.05) is 12.1 Å². The van der Waals surface area contributed by atoms with Crippen LogP contribution in [0.15, 0.2) is 24.3 Å². The molecule has 1 aromatic carbocycles. The summed E-state index contributed by atoms with van der Waals surface area (Å²) in [4.78, 5) is 13.3. The number of rotatable bonds is 4. The third kappa shape index (κ3) is 2.64. The van der Waals surface area contributed by atoms with Gasteiger partial charge in [0, 0.05) is 24.8 Å². The Morgan fingerprint density at radius 3 is 2.72 bits per heavy atom. The van der Waals surface area contributed by atoms with E-state index in [1.807, 2.05) is 12.1 Å². The molecule has 18 heavy (non-hydrogen) atoms. The first-order chi connectivity index (χ1) is 8.83. The quantitative estimate of drug-likeness (QED) is 0.886. The lowest BCUT2D eigenvalue weighted by Gasteiger charge is -2.26. The molecule has 2 fully saturated rings. The van der Waals surface area contributed by atoms with Gasteiger partial charge in [-0.2, -0.15) is 0 Å². The number of hydrogen-bond acceptors (Lipinski definition) is 3. The zero-order valence-corrected chi connectivity index (χ0v) is 10.4. The first kappa shape index (κ1) is 11.5. The maximum Gasteiger partial charge on any atom is 0.414 e. The number of cyclic esters (lactones) is 1. The average Bonchev–Trinajstić information content (AvgIpc) is 3.22. The van der Waals surface area contributed by atoms with Crippen molar-refractivity contribution in [2.75, 3.05) is 18.1 Å². The number of anilines is 1. The third-order valence-electron chi connectivity index (χ3n) is 3.39. The van der Waals surface area contributed by atoms with Gasteiger partial charge in [0.25, 0.3) is 0 Å². The highest BCUT2D eigenvalue weighted by Gasteiger charge is 2.21. The van der Waals surface area contributed by atoms with E-state index in [1.54, 1.807) is 4.90 Å². The van der Waals surface area contributed by atoms with Gasteiger partial charge in [-0.05, 0) is 37.0 Å². The molecule has 1 aliphatic heterocycles. The predicted octanol–water partition coefficient (Wildman–Crippen LogP) is 2.29. The average molecular weight is 246 g/mol. The molecule has 3 rings (SSSR count). The van der Waals surface area contributed by atoms with Gasteiger partial charge >= 0.3 is 6.09 Å². The number of amides is 1. The Morgan fingerprint density at radius 2 is 2.06 bits per heavy atom. The van der Waals surface area contributed by atoms with Crippen LogP contribution in [0.25, 0.3) is 0 Å². The van der Waals surface area contributed by atoms with E-state index >= 15 is 0 Å². The van der Waals surface area contributed by atoms with Crippen LogP contribution < -0.4 is 10.2 Å². The molecule has 1 saturated heterocycles. The summed E-state index contributed by atoms with van der Waals surface area (Å²) in [6.45, 7) is 2.20. The summed E-state index contributed by atoms with van der Waals surface area (Å²) in [7, 11) is 0. The molecule has 1 amide bonds. The van der Waals surface area contributed by atoms with E-state index in [2.05, 4.69) is 17.4 Å². The Bertz CT molecular complexity index is 426. The normalized spacial score (nSPS) is 19.8. The van der Waals surface area contributed by atoms with Crippen molar-refractivity contribution < 1.29 is 9.53 Å². The van der Waals surface area contributed by atoms with Crippen LogP contribution >= 0.6 is 0 Å². The highest BCUT2D eigenvalue weighted by atomic mass is 16.6. The molecule has 1 heterocycles. The van der Waals surface area contributed by atoms with Crippen LogP contribution in [0.3, 0.4) is 0 Å². The Hall–Kier alpha value is -1.55. The second-order valence-corrected chi connectivity index (χ2v) is 4.94. The Labute approximate surface area is 107 Å². The molecule has 1 saturated carbocycles. The molecule has 0 radical (unpaired) electrons. The van der Waals surface area contributed by atoms with Gasteiger partial charge in [-0.25, -0.2) is 4.79 Å². The number of benzene rings is 1. The Morgan fingerprint density at radius 1 is 1.28 bits per heavy atom. The van der Waals surface area contributed by atoms with Crippen LogP contribution in [-0.2, 0) is 11.3 Å². The molecule has 2 aliphatic rings. The number of hydrogen-bond donors (Lipinski definition) is 1. The number of nitrogens with zero attached hydrogens (tertiary/aromatic N) is 1. The smallest absolute Gasteiger partial charge is 0.414 e. The van der Waals surface area contributed by atoms with Crippen molar-refractivity contribution in [3.05, 3.63) is 29.8 Å². The summed E-state index contributed by atoms with van der Waals surface area (Å²) in [5, 5.41) is 3.48. The number of carbonyl (C=O) groups is 1. The molecule has 0 atom stereocenters. The maximum absolute atomic E-state index is 11.6. The van der Waals surface area contributed by atoms with Crippen LogP contribution in [-0.4, -0.2) is 25.3 Å². The van der Waals surface area contributed by atoms with Crippen molar-refractivity contribution in [2.24, 2.45) is 0 Å². The third-order valence-corrected chi connectivity index (χ3v) is 3.39. The molecule has 4 heteroatoms. The monoisotopic (exact) mass is 246 g/mol. The number of ether oxygens (including phenoxy) is 1. The Kier molecular flexibility index (Phi) is 3.19. The van der Waals surface area contributed by atoms with Crippen molar-refractivity contribution in [3.8, 4) is 0 Å². The zero-order valence-electron chi connectivity index (χ0n) is 10.4. The van der Waals surface area contributed by atoms with Crippen LogP contribution in [0.5, 0.6) is 0 Å². The van der Waals surface area contributed by atoms with Gasteiger partial charge in [0.05, 0.1) is 6.61 Å². The molecular formula is C14H18N2O2. The van der Waals surface area contributed by atoms with Crippen molar-refractivity contribution >= 4 is 11.8 Å². The van der Waals surface area contributed by atoms with Gasteiger partial charge in [-0.3, -0.25) is 4.90 Å². The van der Waals surface area contributed by atoms with Crippen LogP contribution in [0.2, 0.25) is 0 Å². The highest BCUT2D eigenvalue weighted by molar-refractivity contribution is 5.88. The summed E-state index contributed by atoms with van der Waals surface area (Å²) in [6, 6.07) is 8.87. The lowest BCUT2D eigenvalue weighted by molar-refractivity contribution is 0.140. The van der Waals surface area contributed by atoms with Crippen LogP contribution in [0, 0.1) is 0 Å². The fraction of sp³-hybridized carbons (Fsp3) is 0.500. The minimum Gasteiger partial charge on any atom is -0.449 e. The largest absolute Gasteiger partial charge is 0.449 e. The van der Waals surface area contributed by atoms with Gasteiger partial charge in [0.15, 0.2) is 0 Å². The molecule has 0 unspecified atom stereocenters. The van der Waals surface area contributed by atoms with Crippen molar-refractivity contribution in [3.63, 3.8) is 0 Å². The first-order valence-corrected chi connectivity index (χ1v) is 6.59. The molecule has 4 nitrogen and oxygen atoms in total. The summed E-state index contributed by atoms with van der Waals surface area (Å²) in [6.07, 6.45) is 3.27. The summed E-state index contributed by atoms with van der Waals surface area (Å²) in [5.41, 5.74) is 2.19. The molecule has 1 N–H and O–H groups in total. The van der Waals surface area contributed by atoms with Crippen LogP contribution in [0.1, 0.15) is 24.8 Å². The number of carbonyl (C=O) groups excluding carboxylic acids is 1. The van der Waals surface area contributed by atoms with Crippen molar-refractivity contribution in [2.45, 2.75) is 31.8 Å². The standard InChI is InChI=1S/C14H18N2O2/c17-14-16(8-1-9-18-14)13-6-2-11(3-7-13)10-15-12-4-5-12/h2-3,6-7,12,15H,1,4-5,8-10H2. The summed E-state index contributed by atoms with van der Waals surface area (Å²) < 4.78 is 5.04. The van der Waals surface area contributed by atoms with Crippen molar-refractivity contribution in [1.82, 2.24) is 5.32 Å². The lowest BCUT2D eigenvalue weighted by Crippen LogP contribution is -2.37. The minimum absolute atomic E-state index is 0.231. The first-order valence-electron chi connectivity index (χ1n) is 6.59. The van der Waals surface area contributed by atoms with Gasteiger partial charge < -0.3 is 10.1 Å². The van der Waals surface area contributed by atoms with Gasteiger partial charge in [-0.15, -0.1) is 0 Å². The Balaban J connectivity index is 1.63. The van der Waals surface area contributed by atoms with E-state index in [-0.39, 0.29) is 6.09 Å². The van der Waals surface area contributed by atoms with Gasteiger partial charge in [0.1, 0.15) is 0 Å². The minimum atomic E-state index is -0.231. The van der Waals surface area contributed by atoms with E-state index in [4.69, 9.17) is 4.74 Å². The topological polar surface area (TPSA) is 41.6 Å². The maximum atomic E-state index is 11.6. The van der Waals surface area contributed by atoms with E-state index in [1.165, 1.54) is 18.4 Å². The highest BCUT2D eigenvalue weighted by Crippen LogP contribution is 2.21. The van der Waals surface area contributed by atoms with E-state index < -0.39 is 0 Å². The van der Waals surface area contributed by atoms with Crippen LogP contribution in [0.4, 0.5) is 10.5 Å². The second kappa shape index (κ2) is 4.98. The summed E-state index contributed by atoms with van der Waals surface area (Å²) in [5.74, 6) is 0. The SMILES string of the molecule is O=C1OCCCN1c1ccc(CNC2CC2)cc1. The molecule has 0 bridgehead atoms. The fourth-order valence-electron chi connectivity index (χ4n) is 2.13. The second-order valence-electron chi connectivity index (χ2n) is 4.94. The zero-order chi connectivity index (χ0) is 12.4. The van der Waals surface area contributed by atoms with E-state index in [0.717, 1.165) is 31.2 Å². The molecular weight excluding hydrogens is 228 g/mol. The molecule has 1 aliphatic carbocycles. The molecule has 96 valence electrons. The van der Waals surface area contributed by atoms with Gasteiger partial charge in [0.2, 0.25) is 0 Å². The molecule has 0 aromatic heterocycles. The van der Waals surface area contributed by atoms with Crippen molar-refractivity contribution in [1.29, 1.82) is 0 Å².